The van der Waals surface area contributed by atoms with Crippen molar-refractivity contribution < 1.29 is 33.5 Å². The van der Waals surface area contributed by atoms with E-state index in [2.05, 4.69) is 9.47 Å². The summed E-state index contributed by atoms with van der Waals surface area (Å²) in [6.45, 7) is -0.143. The molecular formula is C15H17NO8. The fraction of sp³-hybridized carbons (Fsp3) is 0.400. The summed E-state index contributed by atoms with van der Waals surface area (Å²) < 4.78 is 14.0. The third kappa shape index (κ3) is 6.03. The molecule has 9 heteroatoms. The zero-order valence-electron chi connectivity index (χ0n) is 13.2. The van der Waals surface area contributed by atoms with Gasteiger partial charge in [-0.2, -0.15) is 0 Å². The highest BCUT2D eigenvalue weighted by molar-refractivity contribution is 5.84. The molecular weight excluding hydrogens is 322 g/mol. The van der Waals surface area contributed by atoms with E-state index in [1.807, 2.05) is 0 Å². The molecule has 0 amide bonds. The lowest BCUT2D eigenvalue weighted by Crippen LogP contribution is -2.24. The third-order valence-corrected chi connectivity index (χ3v) is 3.14. The first-order chi connectivity index (χ1) is 11.4. The summed E-state index contributed by atoms with van der Waals surface area (Å²) in [5.41, 5.74) is 0.447. The number of ether oxygens (including phenoxy) is 3. The summed E-state index contributed by atoms with van der Waals surface area (Å²) in [6.07, 6.45) is -0.630. The average Bonchev–Trinajstić information content (AvgIpc) is 2.58. The van der Waals surface area contributed by atoms with Gasteiger partial charge in [0, 0.05) is 12.1 Å². The molecule has 0 radical (unpaired) electrons. The number of carbonyl (C=O) groups excluding carboxylic acids is 3. The van der Waals surface area contributed by atoms with Crippen molar-refractivity contribution in [3.63, 3.8) is 0 Å². The lowest BCUT2D eigenvalue weighted by Gasteiger charge is -2.14. The molecule has 1 aromatic rings. The van der Waals surface area contributed by atoms with Gasteiger partial charge in [0.05, 0.1) is 37.9 Å². The first-order valence-electron chi connectivity index (χ1n) is 6.91. The van der Waals surface area contributed by atoms with Crippen LogP contribution in [0.2, 0.25) is 0 Å². The van der Waals surface area contributed by atoms with Gasteiger partial charge in [0.2, 0.25) is 0 Å². The molecule has 0 fully saturated rings. The highest BCUT2D eigenvalue weighted by Gasteiger charge is 2.27. The van der Waals surface area contributed by atoms with E-state index in [4.69, 9.17) is 4.74 Å². The molecule has 9 nitrogen and oxygen atoms in total. The van der Waals surface area contributed by atoms with E-state index in [1.165, 1.54) is 38.5 Å². The van der Waals surface area contributed by atoms with E-state index in [0.29, 0.717) is 5.56 Å². The average molecular weight is 339 g/mol. The second-order valence-corrected chi connectivity index (χ2v) is 4.79. The minimum absolute atomic E-state index is 0.0839. The van der Waals surface area contributed by atoms with Crippen molar-refractivity contribution in [2.75, 3.05) is 14.2 Å². The topological polar surface area (TPSA) is 122 Å². The Labute approximate surface area is 137 Å². The Morgan fingerprint density at radius 3 is 1.96 bits per heavy atom. The molecule has 0 aliphatic rings. The number of carbonyl (C=O) groups is 3. The molecule has 24 heavy (non-hydrogen) atoms. The van der Waals surface area contributed by atoms with Crippen molar-refractivity contribution in [3.05, 3.63) is 39.9 Å². The molecule has 130 valence electrons. The van der Waals surface area contributed by atoms with Crippen LogP contribution >= 0.6 is 0 Å². The molecule has 0 aliphatic heterocycles. The molecule has 0 heterocycles. The zero-order valence-corrected chi connectivity index (χ0v) is 13.2. The van der Waals surface area contributed by atoms with Gasteiger partial charge in [0.25, 0.3) is 5.69 Å². The number of rotatable bonds is 8. The monoisotopic (exact) mass is 339 g/mol. The number of hydrogen-bond acceptors (Lipinski definition) is 8. The maximum Gasteiger partial charge on any atom is 0.310 e. The predicted molar refractivity (Wildman–Crippen MR) is 79.6 cm³/mol. The summed E-state index contributed by atoms with van der Waals surface area (Å²) in [6, 6.07) is 5.45. The smallest absolute Gasteiger partial charge is 0.310 e. The molecule has 0 aliphatic carbocycles. The lowest BCUT2D eigenvalue weighted by atomic mass is 10.0. The molecule has 1 rings (SSSR count). The van der Waals surface area contributed by atoms with Crippen molar-refractivity contribution >= 4 is 23.6 Å². The number of nitrogens with zero attached hydrogens (tertiary/aromatic N) is 1. The highest BCUT2D eigenvalue weighted by atomic mass is 16.6. The normalized spacial score (nSPS) is 10.1. The quantitative estimate of drug-likeness (QED) is 0.301. The summed E-state index contributed by atoms with van der Waals surface area (Å²) in [4.78, 5) is 44.7. The van der Waals surface area contributed by atoms with Crippen molar-refractivity contribution in [2.24, 2.45) is 5.92 Å². The van der Waals surface area contributed by atoms with Crippen LogP contribution in [0.15, 0.2) is 24.3 Å². The van der Waals surface area contributed by atoms with Crippen LogP contribution in [0, 0.1) is 16.0 Å². The van der Waals surface area contributed by atoms with Crippen LogP contribution in [-0.4, -0.2) is 37.1 Å². The van der Waals surface area contributed by atoms with E-state index in [9.17, 15) is 24.5 Å². The number of nitro benzene ring substituents is 1. The van der Waals surface area contributed by atoms with Crippen LogP contribution in [0.25, 0.3) is 0 Å². The van der Waals surface area contributed by atoms with Gasteiger partial charge in [0.15, 0.2) is 0 Å². The molecule has 0 atom stereocenters. The van der Waals surface area contributed by atoms with Gasteiger partial charge in [0.1, 0.15) is 6.61 Å². The predicted octanol–water partition coefficient (Wildman–Crippen LogP) is 1.38. The van der Waals surface area contributed by atoms with Crippen molar-refractivity contribution in [1.29, 1.82) is 0 Å². The maximum atomic E-state index is 12.0. The number of esters is 3. The van der Waals surface area contributed by atoms with Crippen molar-refractivity contribution in [1.82, 2.24) is 0 Å². The summed E-state index contributed by atoms with van der Waals surface area (Å²) in [5.74, 6) is -3.10. The molecule has 1 aromatic carbocycles. The first kappa shape index (κ1) is 19.1. The second kappa shape index (κ2) is 9.23. The van der Waals surface area contributed by atoms with E-state index in [0.717, 1.165) is 0 Å². The van der Waals surface area contributed by atoms with Crippen LogP contribution < -0.4 is 0 Å². The van der Waals surface area contributed by atoms with Gasteiger partial charge in [-0.3, -0.25) is 24.5 Å². The van der Waals surface area contributed by atoms with Crippen LogP contribution in [0.4, 0.5) is 5.69 Å². The number of benzene rings is 1. The Morgan fingerprint density at radius 2 is 1.54 bits per heavy atom. The Morgan fingerprint density at radius 1 is 1.04 bits per heavy atom. The van der Waals surface area contributed by atoms with Gasteiger partial charge in [-0.15, -0.1) is 0 Å². The molecule has 0 aromatic heterocycles. The van der Waals surface area contributed by atoms with Gasteiger partial charge in [-0.05, 0) is 17.7 Å². The minimum Gasteiger partial charge on any atom is -0.469 e. The van der Waals surface area contributed by atoms with E-state index < -0.39 is 28.7 Å². The summed E-state index contributed by atoms with van der Waals surface area (Å²) in [5, 5.41) is 10.6. The minimum atomic E-state index is -1.03. The molecule has 0 unspecified atom stereocenters. The molecule has 0 saturated carbocycles. The Bertz CT molecular complexity index is 592. The first-order valence-corrected chi connectivity index (χ1v) is 6.91. The SMILES string of the molecule is COC(=O)CC(CC(=O)OC)C(=O)OCc1ccc([N+](=O)[O-])cc1. The highest BCUT2D eigenvalue weighted by Crippen LogP contribution is 2.16. The Kier molecular flexibility index (Phi) is 7.34. The van der Waals surface area contributed by atoms with Gasteiger partial charge in [-0.25, -0.2) is 0 Å². The van der Waals surface area contributed by atoms with Crippen molar-refractivity contribution in [3.8, 4) is 0 Å². The van der Waals surface area contributed by atoms with E-state index in [-0.39, 0.29) is 25.1 Å². The third-order valence-electron chi connectivity index (χ3n) is 3.14. The van der Waals surface area contributed by atoms with Crippen LogP contribution in [-0.2, 0) is 35.2 Å². The second-order valence-electron chi connectivity index (χ2n) is 4.79. The van der Waals surface area contributed by atoms with Crippen LogP contribution in [0.5, 0.6) is 0 Å². The summed E-state index contributed by atoms with van der Waals surface area (Å²) >= 11 is 0. The van der Waals surface area contributed by atoms with Gasteiger partial charge >= 0.3 is 17.9 Å². The Balaban J connectivity index is 2.67. The number of non-ortho nitro benzene ring substituents is 1. The lowest BCUT2D eigenvalue weighted by molar-refractivity contribution is -0.384. The van der Waals surface area contributed by atoms with E-state index >= 15 is 0 Å². The standard InChI is InChI=1S/C15H17NO8/c1-22-13(17)7-11(8-14(18)23-2)15(19)24-9-10-3-5-12(6-4-10)16(20)21/h3-6,11H,7-9H2,1-2H3. The molecule has 0 spiro atoms. The molecule has 0 bridgehead atoms. The number of hydrogen-bond donors (Lipinski definition) is 0. The largest absolute Gasteiger partial charge is 0.469 e. The van der Waals surface area contributed by atoms with Crippen LogP contribution in [0.1, 0.15) is 18.4 Å². The Hall–Kier alpha value is -2.97. The van der Waals surface area contributed by atoms with Gasteiger partial charge < -0.3 is 14.2 Å². The van der Waals surface area contributed by atoms with Gasteiger partial charge in [-0.1, -0.05) is 0 Å². The zero-order chi connectivity index (χ0) is 18.1. The fourth-order valence-corrected chi connectivity index (χ4v) is 1.79. The van der Waals surface area contributed by atoms with E-state index in [1.54, 1.807) is 0 Å². The maximum absolute atomic E-state index is 12.0. The molecule has 0 N–H and O–H groups in total. The number of methoxy groups -OCH3 is 2. The summed E-state index contributed by atoms with van der Waals surface area (Å²) in [7, 11) is 2.33. The van der Waals surface area contributed by atoms with Crippen LogP contribution in [0.3, 0.4) is 0 Å². The van der Waals surface area contributed by atoms with Crippen molar-refractivity contribution in [2.45, 2.75) is 19.4 Å². The fourth-order valence-electron chi connectivity index (χ4n) is 1.79. The molecule has 0 saturated heterocycles. The number of nitro groups is 1.